The van der Waals surface area contributed by atoms with Crippen molar-refractivity contribution in [2.75, 3.05) is 6.61 Å². The lowest BCUT2D eigenvalue weighted by molar-refractivity contribution is 0.309. The molecule has 0 unspecified atom stereocenters. The van der Waals surface area contributed by atoms with Crippen LogP contribution in [0.15, 0.2) is 12.1 Å². The molecule has 0 heterocycles. The highest BCUT2D eigenvalue weighted by Gasteiger charge is 2.13. The van der Waals surface area contributed by atoms with Crippen molar-refractivity contribution < 1.29 is 17.9 Å². The summed E-state index contributed by atoms with van der Waals surface area (Å²) in [6, 6.07) is 1.88. The fourth-order valence-electron chi connectivity index (χ4n) is 0.775. The second-order valence-corrected chi connectivity index (χ2v) is 2.11. The molecule has 0 N–H and O–H groups in total. The minimum Gasteiger partial charge on any atom is -0.491 e. The van der Waals surface area contributed by atoms with Gasteiger partial charge in [0, 0.05) is 0 Å². The Balaban J connectivity index is 3.08. The minimum absolute atomic E-state index is 0.210. The van der Waals surface area contributed by atoms with Crippen LogP contribution < -0.4 is 4.74 Å². The quantitative estimate of drug-likeness (QED) is 0.629. The van der Waals surface area contributed by atoms with Crippen molar-refractivity contribution in [1.29, 1.82) is 0 Å². The van der Waals surface area contributed by atoms with Gasteiger partial charge >= 0.3 is 0 Å². The van der Waals surface area contributed by atoms with E-state index in [1.165, 1.54) is 0 Å². The Bertz CT molecular complexity index is 286. The zero-order chi connectivity index (χ0) is 9.14. The van der Waals surface area contributed by atoms with Gasteiger partial charge in [-0.3, -0.25) is 0 Å². The Kier molecular flexibility index (Phi) is 2.58. The molecule has 0 bridgehead atoms. The number of hydrogen-bond donors (Lipinski definition) is 0. The van der Waals surface area contributed by atoms with Crippen LogP contribution in [0.2, 0.25) is 0 Å². The van der Waals surface area contributed by atoms with Gasteiger partial charge in [-0.05, 0) is 19.1 Å². The second-order valence-electron chi connectivity index (χ2n) is 2.11. The molecule has 0 fully saturated rings. The monoisotopic (exact) mass is 176 g/mol. The maximum Gasteiger partial charge on any atom is 0.203 e. The predicted molar refractivity (Wildman–Crippen MR) is 37.5 cm³/mol. The summed E-state index contributed by atoms with van der Waals surface area (Å²) in [6.07, 6.45) is 0. The van der Waals surface area contributed by atoms with Crippen molar-refractivity contribution in [3.63, 3.8) is 0 Å². The minimum atomic E-state index is -1.50. The zero-order valence-corrected chi connectivity index (χ0v) is 6.40. The van der Waals surface area contributed by atoms with E-state index in [1.54, 1.807) is 6.92 Å². The molecule has 0 aliphatic heterocycles. The van der Waals surface area contributed by atoms with E-state index >= 15 is 0 Å². The molecule has 4 heteroatoms. The molecule has 0 aliphatic carbocycles. The third kappa shape index (κ3) is 1.52. The highest BCUT2D eigenvalue weighted by atomic mass is 19.2. The van der Waals surface area contributed by atoms with E-state index < -0.39 is 17.5 Å². The zero-order valence-electron chi connectivity index (χ0n) is 6.40. The number of hydrogen-bond acceptors (Lipinski definition) is 1. The van der Waals surface area contributed by atoms with Crippen LogP contribution in [0.4, 0.5) is 13.2 Å². The first kappa shape index (κ1) is 8.90. The lowest BCUT2D eigenvalue weighted by atomic mass is 10.3. The summed E-state index contributed by atoms with van der Waals surface area (Å²) in [5.41, 5.74) is 0. The summed E-state index contributed by atoms with van der Waals surface area (Å²) >= 11 is 0. The molecule has 66 valence electrons. The van der Waals surface area contributed by atoms with E-state index in [0.717, 1.165) is 12.1 Å². The average molecular weight is 176 g/mol. The SMILES string of the molecule is CCOc1ccc(F)c(F)c1F. The van der Waals surface area contributed by atoms with Crippen molar-refractivity contribution in [3.05, 3.63) is 29.6 Å². The molecule has 0 spiro atoms. The number of ether oxygens (including phenoxy) is 1. The molecule has 1 rings (SSSR count). The van der Waals surface area contributed by atoms with Crippen LogP contribution in [0.3, 0.4) is 0 Å². The van der Waals surface area contributed by atoms with Crippen molar-refractivity contribution in [2.24, 2.45) is 0 Å². The van der Waals surface area contributed by atoms with Gasteiger partial charge in [0.25, 0.3) is 0 Å². The van der Waals surface area contributed by atoms with Crippen LogP contribution in [0.5, 0.6) is 5.75 Å². The van der Waals surface area contributed by atoms with Crippen LogP contribution in [0, 0.1) is 17.5 Å². The third-order valence-corrected chi connectivity index (χ3v) is 1.30. The van der Waals surface area contributed by atoms with Gasteiger partial charge in [-0.25, -0.2) is 8.78 Å². The fraction of sp³-hybridized carbons (Fsp3) is 0.250. The largest absolute Gasteiger partial charge is 0.491 e. The Hall–Kier alpha value is -1.19. The van der Waals surface area contributed by atoms with E-state index in [2.05, 4.69) is 0 Å². The molecule has 12 heavy (non-hydrogen) atoms. The molecule has 1 nitrogen and oxygen atoms in total. The molecule has 0 amide bonds. The molecule has 0 aliphatic rings. The van der Waals surface area contributed by atoms with E-state index in [4.69, 9.17) is 4.74 Å². The van der Waals surface area contributed by atoms with Gasteiger partial charge in [-0.1, -0.05) is 0 Å². The van der Waals surface area contributed by atoms with Gasteiger partial charge in [0.1, 0.15) is 0 Å². The summed E-state index contributed by atoms with van der Waals surface area (Å²) in [6.45, 7) is 1.84. The Morgan fingerprint density at radius 3 is 2.42 bits per heavy atom. The smallest absolute Gasteiger partial charge is 0.203 e. The number of rotatable bonds is 2. The molecular weight excluding hydrogens is 169 g/mol. The second kappa shape index (κ2) is 3.47. The summed E-state index contributed by atoms with van der Waals surface area (Å²) in [4.78, 5) is 0. The van der Waals surface area contributed by atoms with E-state index in [-0.39, 0.29) is 12.4 Å². The van der Waals surface area contributed by atoms with Gasteiger partial charge in [-0.15, -0.1) is 0 Å². The van der Waals surface area contributed by atoms with Gasteiger partial charge in [0.2, 0.25) is 5.82 Å². The van der Waals surface area contributed by atoms with E-state index in [0.29, 0.717) is 0 Å². The van der Waals surface area contributed by atoms with Crippen molar-refractivity contribution in [2.45, 2.75) is 6.92 Å². The molecule has 0 atom stereocenters. The molecule has 0 saturated heterocycles. The maximum absolute atomic E-state index is 12.7. The summed E-state index contributed by atoms with van der Waals surface area (Å²) in [5.74, 6) is -4.26. The first-order chi connectivity index (χ1) is 5.66. The topological polar surface area (TPSA) is 9.23 Å². The molecule has 0 aromatic heterocycles. The van der Waals surface area contributed by atoms with Crippen LogP contribution in [0.1, 0.15) is 6.92 Å². The van der Waals surface area contributed by atoms with Crippen molar-refractivity contribution in [3.8, 4) is 5.75 Å². The summed E-state index contributed by atoms with van der Waals surface area (Å²) in [5, 5.41) is 0. The third-order valence-electron chi connectivity index (χ3n) is 1.30. The Morgan fingerprint density at radius 1 is 1.17 bits per heavy atom. The van der Waals surface area contributed by atoms with Crippen LogP contribution in [-0.2, 0) is 0 Å². The number of halogens is 3. The molecule has 1 aromatic rings. The fourth-order valence-corrected chi connectivity index (χ4v) is 0.775. The maximum atomic E-state index is 12.7. The van der Waals surface area contributed by atoms with Gasteiger partial charge < -0.3 is 4.74 Å². The normalized spacial score (nSPS) is 10.0. The first-order valence-electron chi connectivity index (χ1n) is 3.43. The number of benzene rings is 1. The standard InChI is InChI=1S/C8H7F3O/c1-2-12-6-4-3-5(9)7(10)8(6)11/h3-4H,2H2,1H3. The lowest BCUT2D eigenvalue weighted by Crippen LogP contribution is -1.98. The highest BCUT2D eigenvalue weighted by molar-refractivity contribution is 5.25. The van der Waals surface area contributed by atoms with Gasteiger partial charge in [0.15, 0.2) is 17.4 Å². The first-order valence-corrected chi connectivity index (χ1v) is 3.43. The van der Waals surface area contributed by atoms with Gasteiger partial charge in [0.05, 0.1) is 6.61 Å². The molecule has 1 aromatic carbocycles. The predicted octanol–water partition coefficient (Wildman–Crippen LogP) is 2.50. The lowest BCUT2D eigenvalue weighted by Gasteiger charge is -2.04. The molecular formula is C8H7F3O. The van der Waals surface area contributed by atoms with Crippen molar-refractivity contribution >= 4 is 0 Å². The van der Waals surface area contributed by atoms with Crippen LogP contribution in [0.25, 0.3) is 0 Å². The average Bonchev–Trinajstić information content (AvgIpc) is 2.07. The van der Waals surface area contributed by atoms with Gasteiger partial charge in [-0.2, -0.15) is 4.39 Å². The van der Waals surface area contributed by atoms with E-state index in [9.17, 15) is 13.2 Å². The summed E-state index contributed by atoms with van der Waals surface area (Å²) in [7, 11) is 0. The summed E-state index contributed by atoms with van der Waals surface area (Å²) < 4.78 is 42.2. The highest BCUT2D eigenvalue weighted by Crippen LogP contribution is 2.21. The Labute approximate surface area is 67.8 Å². The molecule has 0 radical (unpaired) electrons. The Morgan fingerprint density at radius 2 is 1.83 bits per heavy atom. The van der Waals surface area contributed by atoms with Crippen LogP contribution in [-0.4, -0.2) is 6.61 Å². The van der Waals surface area contributed by atoms with E-state index in [1.807, 2.05) is 0 Å². The van der Waals surface area contributed by atoms with Crippen molar-refractivity contribution in [1.82, 2.24) is 0 Å². The molecule has 0 saturated carbocycles. The van der Waals surface area contributed by atoms with Crippen LogP contribution >= 0.6 is 0 Å².